The Morgan fingerprint density at radius 2 is 2.05 bits per heavy atom. The van der Waals surface area contributed by atoms with Crippen molar-refractivity contribution in [1.29, 1.82) is 0 Å². The van der Waals surface area contributed by atoms with E-state index in [-0.39, 0.29) is 43.2 Å². The van der Waals surface area contributed by atoms with Crippen LogP contribution in [0.2, 0.25) is 5.02 Å². The minimum Gasteiger partial charge on any atom is -0.349 e. The summed E-state index contributed by atoms with van der Waals surface area (Å²) in [6.07, 6.45) is 2.26. The molecule has 0 heterocycles. The van der Waals surface area contributed by atoms with Gasteiger partial charge < -0.3 is 16.4 Å². The molecule has 5 nitrogen and oxygen atoms in total. The Labute approximate surface area is 128 Å². The maximum atomic E-state index is 12.0. The highest BCUT2D eigenvalue weighted by molar-refractivity contribution is 6.34. The predicted octanol–water partition coefficient (Wildman–Crippen LogP) is 1.94. The van der Waals surface area contributed by atoms with E-state index in [0.717, 1.165) is 12.8 Å². The molecule has 2 rings (SSSR count). The van der Waals surface area contributed by atoms with Crippen molar-refractivity contribution in [1.82, 2.24) is 5.32 Å². The molecule has 0 aromatic heterocycles. The Bertz CT molecular complexity index is 504. The zero-order valence-electron chi connectivity index (χ0n) is 10.8. The normalized spacial score (nSPS) is 13.3. The topological polar surface area (TPSA) is 84.2 Å². The van der Waals surface area contributed by atoms with Crippen LogP contribution in [0.4, 0.5) is 5.69 Å². The molecule has 7 heteroatoms. The molecule has 0 bridgehead atoms. The van der Waals surface area contributed by atoms with Gasteiger partial charge in [-0.1, -0.05) is 11.6 Å². The summed E-state index contributed by atoms with van der Waals surface area (Å²) in [7, 11) is 0. The van der Waals surface area contributed by atoms with Crippen LogP contribution in [0.1, 0.15) is 29.6 Å². The molecule has 2 amide bonds. The molecule has 0 saturated heterocycles. The third-order valence-corrected chi connectivity index (χ3v) is 3.11. The van der Waals surface area contributed by atoms with Crippen molar-refractivity contribution in [2.24, 2.45) is 5.73 Å². The first-order chi connectivity index (χ1) is 9.10. The van der Waals surface area contributed by atoms with Crippen molar-refractivity contribution in [2.75, 3.05) is 11.9 Å². The first-order valence-corrected chi connectivity index (χ1v) is 6.58. The molecule has 20 heavy (non-hydrogen) atoms. The second-order valence-corrected chi connectivity index (χ2v) is 4.94. The lowest BCUT2D eigenvalue weighted by molar-refractivity contribution is -0.116. The number of hydrogen-bond acceptors (Lipinski definition) is 3. The highest BCUT2D eigenvalue weighted by atomic mass is 35.5. The highest BCUT2D eigenvalue weighted by Crippen LogP contribution is 2.23. The van der Waals surface area contributed by atoms with Gasteiger partial charge in [-0.05, 0) is 31.0 Å². The molecule has 1 aliphatic rings. The van der Waals surface area contributed by atoms with Crippen molar-refractivity contribution in [3.8, 4) is 0 Å². The number of carbonyl (C=O) groups excluding carboxylic acids is 2. The van der Waals surface area contributed by atoms with E-state index in [1.807, 2.05) is 0 Å². The molecule has 0 unspecified atom stereocenters. The van der Waals surface area contributed by atoms with Gasteiger partial charge in [-0.3, -0.25) is 9.59 Å². The van der Waals surface area contributed by atoms with Crippen LogP contribution < -0.4 is 16.4 Å². The molecule has 1 saturated carbocycles. The summed E-state index contributed by atoms with van der Waals surface area (Å²) >= 11 is 6.00. The lowest BCUT2D eigenvalue weighted by Crippen LogP contribution is -2.26. The second-order valence-electron chi connectivity index (χ2n) is 4.53. The number of benzene rings is 1. The van der Waals surface area contributed by atoms with Crippen LogP contribution in [0.25, 0.3) is 0 Å². The number of halogens is 2. The standard InChI is InChI=1S/C13H16ClN3O2.ClH/c14-11-4-3-9(16-12(18)5-6-15)7-10(11)13(19)17-8-1-2-8;/h3-4,7-8H,1-2,5-6,15H2,(H,16,18)(H,17,19);1H. The van der Waals surface area contributed by atoms with E-state index >= 15 is 0 Å². The van der Waals surface area contributed by atoms with Gasteiger partial charge in [0.05, 0.1) is 10.6 Å². The zero-order chi connectivity index (χ0) is 13.8. The quantitative estimate of drug-likeness (QED) is 0.776. The van der Waals surface area contributed by atoms with Gasteiger partial charge in [0.1, 0.15) is 0 Å². The maximum Gasteiger partial charge on any atom is 0.253 e. The molecule has 0 atom stereocenters. The molecule has 110 valence electrons. The fraction of sp³-hybridized carbons (Fsp3) is 0.385. The monoisotopic (exact) mass is 317 g/mol. The van der Waals surface area contributed by atoms with Crippen LogP contribution in [-0.2, 0) is 4.79 Å². The summed E-state index contributed by atoms with van der Waals surface area (Å²) in [5.41, 5.74) is 6.22. The number of anilines is 1. The Morgan fingerprint density at radius 3 is 2.65 bits per heavy atom. The lowest BCUT2D eigenvalue weighted by atomic mass is 10.1. The summed E-state index contributed by atoms with van der Waals surface area (Å²) < 4.78 is 0. The highest BCUT2D eigenvalue weighted by Gasteiger charge is 2.24. The summed E-state index contributed by atoms with van der Waals surface area (Å²) in [5.74, 6) is -0.388. The fourth-order valence-corrected chi connectivity index (χ4v) is 1.83. The minimum atomic E-state index is -0.206. The smallest absolute Gasteiger partial charge is 0.253 e. The van der Waals surface area contributed by atoms with Crippen LogP contribution in [0, 0.1) is 0 Å². The van der Waals surface area contributed by atoms with Crippen molar-refractivity contribution >= 4 is 41.5 Å². The first kappa shape index (κ1) is 16.8. The number of carbonyl (C=O) groups is 2. The minimum absolute atomic E-state index is 0. The average Bonchev–Trinajstić information content (AvgIpc) is 3.15. The van der Waals surface area contributed by atoms with Gasteiger partial charge in [-0.25, -0.2) is 0 Å². The number of amides is 2. The largest absolute Gasteiger partial charge is 0.349 e. The molecule has 1 aliphatic carbocycles. The molecular formula is C13H17Cl2N3O2. The summed E-state index contributed by atoms with van der Waals surface area (Å²) in [4.78, 5) is 23.4. The van der Waals surface area contributed by atoms with Gasteiger partial charge in [-0.2, -0.15) is 0 Å². The van der Waals surface area contributed by atoms with Crippen LogP contribution in [0.15, 0.2) is 18.2 Å². The third kappa shape index (κ3) is 4.67. The second kappa shape index (κ2) is 7.47. The first-order valence-electron chi connectivity index (χ1n) is 6.20. The van der Waals surface area contributed by atoms with Crippen molar-refractivity contribution in [3.63, 3.8) is 0 Å². The van der Waals surface area contributed by atoms with E-state index in [4.69, 9.17) is 17.3 Å². The van der Waals surface area contributed by atoms with E-state index in [0.29, 0.717) is 16.3 Å². The molecule has 4 N–H and O–H groups in total. The zero-order valence-corrected chi connectivity index (χ0v) is 12.4. The SMILES string of the molecule is Cl.NCCC(=O)Nc1ccc(Cl)c(C(=O)NC2CC2)c1. The van der Waals surface area contributed by atoms with Crippen LogP contribution in [0.3, 0.4) is 0 Å². The van der Waals surface area contributed by atoms with E-state index in [2.05, 4.69) is 10.6 Å². The summed E-state index contributed by atoms with van der Waals surface area (Å²) in [6, 6.07) is 5.10. The molecule has 1 aromatic rings. The van der Waals surface area contributed by atoms with Crippen LogP contribution >= 0.6 is 24.0 Å². The van der Waals surface area contributed by atoms with Crippen LogP contribution in [-0.4, -0.2) is 24.4 Å². The summed E-state index contributed by atoms with van der Waals surface area (Å²) in [5, 5.41) is 5.91. The van der Waals surface area contributed by atoms with Gasteiger partial charge >= 0.3 is 0 Å². The fourth-order valence-electron chi connectivity index (χ4n) is 1.62. The average molecular weight is 318 g/mol. The van der Waals surface area contributed by atoms with Gasteiger partial charge in [0.15, 0.2) is 0 Å². The molecule has 1 fully saturated rings. The van der Waals surface area contributed by atoms with E-state index in [1.165, 1.54) is 0 Å². The molecule has 0 aliphatic heterocycles. The lowest BCUT2D eigenvalue weighted by Gasteiger charge is -2.09. The Balaban J connectivity index is 0.00000200. The summed E-state index contributed by atoms with van der Waals surface area (Å²) in [6.45, 7) is 0.286. The molecule has 1 aromatic carbocycles. The van der Waals surface area contributed by atoms with E-state index < -0.39 is 0 Å². The Morgan fingerprint density at radius 1 is 1.35 bits per heavy atom. The van der Waals surface area contributed by atoms with E-state index in [9.17, 15) is 9.59 Å². The molecule has 0 spiro atoms. The maximum absolute atomic E-state index is 12.0. The van der Waals surface area contributed by atoms with Gasteiger partial charge in [0, 0.05) is 24.7 Å². The van der Waals surface area contributed by atoms with Crippen molar-refractivity contribution in [3.05, 3.63) is 28.8 Å². The number of hydrogen-bond donors (Lipinski definition) is 3. The van der Waals surface area contributed by atoms with Crippen molar-refractivity contribution in [2.45, 2.75) is 25.3 Å². The molecular weight excluding hydrogens is 301 g/mol. The Hall–Kier alpha value is -1.30. The number of nitrogens with two attached hydrogens (primary N) is 1. The van der Waals surface area contributed by atoms with Gasteiger partial charge in [-0.15, -0.1) is 12.4 Å². The molecule has 0 radical (unpaired) electrons. The van der Waals surface area contributed by atoms with Crippen molar-refractivity contribution < 1.29 is 9.59 Å². The number of nitrogens with one attached hydrogen (secondary N) is 2. The van der Waals surface area contributed by atoms with Crippen LogP contribution in [0.5, 0.6) is 0 Å². The Kier molecular flexibility index (Phi) is 6.26. The number of rotatable bonds is 5. The van der Waals surface area contributed by atoms with Gasteiger partial charge in [0.25, 0.3) is 5.91 Å². The third-order valence-electron chi connectivity index (χ3n) is 2.78. The van der Waals surface area contributed by atoms with E-state index in [1.54, 1.807) is 18.2 Å². The predicted molar refractivity (Wildman–Crippen MR) is 81.5 cm³/mol. The van der Waals surface area contributed by atoms with Gasteiger partial charge in [0.2, 0.25) is 5.91 Å².